The Hall–Kier alpha value is -3.42. The highest BCUT2D eigenvalue weighted by Gasteiger charge is 2.37. The van der Waals surface area contributed by atoms with Gasteiger partial charge in [-0.15, -0.1) is 0 Å². The van der Waals surface area contributed by atoms with Gasteiger partial charge in [0.2, 0.25) is 17.6 Å². The van der Waals surface area contributed by atoms with E-state index in [2.05, 4.69) is 10.1 Å². The minimum absolute atomic E-state index is 0.00318. The summed E-state index contributed by atoms with van der Waals surface area (Å²) in [6.45, 7) is 6.28. The number of aromatic nitrogens is 2. The molecule has 8 heteroatoms. The van der Waals surface area contributed by atoms with Crippen LogP contribution < -0.4 is 9.47 Å². The smallest absolute Gasteiger partial charge is 0.232 e. The number of likely N-dealkylation sites (tertiary alicyclic amines) is 1. The number of ether oxygens (including phenoxy) is 2. The molecule has 0 radical (unpaired) electrons. The van der Waals surface area contributed by atoms with Crippen LogP contribution in [0.4, 0.5) is 4.39 Å². The average Bonchev–Trinajstić information content (AvgIpc) is 3.41. The fraction of sp³-hybridized carbons (Fsp3) is 0.375. The van der Waals surface area contributed by atoms with Gasteiger partial charge in [-0.05, 0) is 56.7 Å². The van der Waals surface area contributed by atoms with Crippen molar-refractivity contribution in [2.45, 2.75) is 45.3 Å². The van der Waals surface area contributed by atoms with Gasteiger partial charge in [-0.1, -0.05) is 17.3 Å². The van der Waals surface area contributed by atoms with E-state index in [9.17, 15) is 9.18 Å². The van der Waals surface area contributed by atoms with Crippen LogP contribution in [0.15, 0.2) is 47.0 Å². The topological polar surface area (TPSA) is 77.7 Å². The predicted octanol–water partition coefficient (Wildman–Crippen LogP) is 4.75. The lowest BCUT2D eigenvalue weighted by Crippen LogP contribution is -2.28. The molecule has 0 aliphatic carbocycles. The SMILES string of the molecule is COc1cc(-c2noc(C3CC(=O)N(C(C)c4ccc(F)cc4)C3)n2)ccc1OC(C)C. The second kappa shape index (κ2) is 8.98. The largest absolute Gasteiger partial charge is 0.493 e. The highest BCUT2D eigenvalue weighted by molar-refractivity contribution is 5.80. The van der Waals surface area contributed by atoms with Crippen molar-refractivity contribution in [1.29, 1.82) is 0 Å². The summed E-state index contributed by atoms with van der Waals surface area (Å²) < 4.78 is 29.9. The van der Waals surface area contributed by atoms with E-state index in [4.69, 9.17) is 14.0 Å². The van der Waals surface area contributed by atoms with Crippen LogP contribution in [0.25, 0.3) is 11.4 Å². The summed E-state index contributed by atoms with van der Waals surface area (Å²) in [6.07, 6.45) is 0.309. The first-order valence-corrected chi connectivity index (χ1v) is 10.6. The lowest BCUT2D eigenvalue weighted by Gasteiger charge is -2.25. The second-order valence-electron chi connectivity index (χ2n) is 8.16. The Morgan fingerprint density at radius 3 is 2.56 bits per heavy atom. The van der Waals surface area contributed by atoms with E-state index >= 15 is 0 Å². The van der Waals surface area contributed by atoms with E-state index in [0.29, 0.717) is 29.8 Å². The van der Waals surface area contributed by atoms with Crippen LogP contribution in [0.2, 0.25) is 0 Å². The molecule has 1 aromatic heterocycles. The fourth-order valence-electron chi connectivity index (χ4n) is 3.87. The fourth-order valence-corrected chi connectivity index (χ4v) is 3.87. The Morgan fingerprint density at radius 2 is 1.88 bits per heavy atom. The number of nitrogens with zero attached hydrogens (tertiary/aromatic N) is 3. The van der Waals surface area contributed by atoms with Crippen molar-refractivity contribution in [2.24, 2.45) is 0 Å². The van der Waals surface area contributed by atoms with Gasteiger partial charge < -0.3 is 18.9 Å². The molecule has 0 saturated carbocycles. The molecule has 32 heavy (non-hydrogen) atoms. The minimum atomic E-state index is -0.301. The summed E-state index contributed by atoms with van der Waals surface area (Å²) in [5, 5.41) is 4.11. The number of hydrogen-bond donors (Lipinski definition) is 0. The van der Waals surface area contributed by atoms with Crippen molar-refractivity contribution < 1.29 is 23.2 Å². The average molecular weight is 439 g/mol. The number of hydrogen-bond acceptors (Lipinski definition) is 6. The van der Waals surface area contributed by atoms with Crippen molar-refractivity contribution in [2.75, 3.05) is 13.7 Å². The number of methoxy groups -OCH3 is 1. The molecule has 1 fully saturated rings. The van der Waals surface area contributed by atoms with E-state index in [1.165, 1.54) is 12.1 Å². The molecule has 1 amide bonds. The Bertz CT molecular complexity index is 1100. The van der Waals surface area contributed by atoms with Gasteiger partial charge in [0.25, 0.3) is 0 Å². The van der Waals surface area contributed by atoms with E-state index in [0.717, 1.165) is 11.1 Å². The third kappa shape index (κ3) is 4.44. The Balaban J connectivity index is 1.50. The van der Waals surface area contributed by atoms with Crippen molar-refractivity contribution >= 4 is 5.91 Å². The van der Waals surface area contributed by atoms with E-state index < -0.39 is 0 Å². The summed E-state index contributed by atoms with van der Waals surface area (Å²) in [4.78, 5) is 19.0. The molecule has 1 aliphatic rings. The zero-order valence-corrected chi connectivity index (χ0v) is 18.5. The van der Waals surface area contributed by atoms with Crippen molar-refractivity contribution in [3.05, 3.63) is 59.7 Å². The quantitative estimate of drug-likeness (QED) is 0.529. The standard InChI is InChI=1S/C24H26FN3O4/c1-14(2)31-20-10-7-17(11-21(20)30-4)23-26-24(32-27-23)18-12-22(29)28(13-18)15(3)16-5-8-19(25)9-6-16/h5-11,14-15,18H,12-13H2,1-4H3. The second-order valence-corrected chi connectivity index (χ2v) is 8.16. The molecule has 2 heterocycles. The summed E-state index contributed by atoms with van der Waals surface area (Å²) in [6, 6.07) is 11.5. The minimum Gasteiger partial charge on any atom is -0.493 e. The molecule has 0 bridgehead atoms. The van der Waals surface area contributed by atoms with Crippen LogP contribution in [-0.4, -0.2) is 40.7 Å². The van der Waals surface area contributed by atoms with E-state index in [1.54, 1.807) is 30.2 Å². The number of carbonyl (C=O) groups is 1. The van der Waals surface area contributed by atoms with Gasteiger partial charge in [-0.3, -0.25) is 4.79 Å². The van der Waals surface area contributed by atoms with Crippen LogP contribution in [-0.2, 0) is 4.79 Å². The summed E-state index contributed by atoms with van der Waals surface area (Å²) in [7, 11) is 1.58. The number of rotatable bonds is 7. The molecule has 2 unspecified atom stereocenters. The van der Waals surface area contributed by atoms with Gasteiger partial charge in [-0.25, -0.2) is 4.39 Å². The maximum absolute atomic E-state index is 13.2. The first-order chi connectivity index (χ1) is 15.4. The molecule has 7 nitrogen and oxygen atoms in total. The molecule has 2 atom stereocenters. The third-order valence-electron chi connectivity index (χ3n) is 5.55. The Labute approximate surface area is 186 Å². The third-order valence-corrected chi connectivity index (χ3v) is 5.55. The summed E-state index contributed by atoms with van der Waals surface area (Å²) in [5.74, 6) is 1.57. The maximum atomic E-state index is 13.2. The van der Waals surface area contributed by atoms with Gasteiger partial charge >= 0.3 is 0 Å². The monoisotopic (exact) mass is 439 g/mol. The lowest BCUT2D eigenvalue weighted by atomic mass is 10.1. The Morgan fingerprint density at radius 1 is 1.12 bits per heavy atom. The molecule has 0 N–H and O–H groups in total. The van der Waals surface area contributed by atoms with Crippen LogP contribution in [0.1, 0.15) is 50.6 Å². The van der Waals surface area contributed by atoms with Crippen LogP contribution >= 0.6 is 0 Å². The van der Waals surface area contributed by atoms with Crippen LogP contribution in [0.5, 0.6) is 11.5 Å². The van der Waals surface area contributed by atoms with Crippen molar-refractivity contribution in [1.82, 2.24) is 15.0 Å². The highest BCUT2D eigenvalue weighted by atomic mass is 19.1. The zero-order valence-electron chi connectivity index (χ0n) is 18.5. The number of halogens is 1. The number of benzene rings is 2. The molecular weight excluding hydrogens is 413 g/mol. The molecule has 0 spiro atoms. The van der Waals surface area contributed by atoms with Crippen LogP contribution in [0, 0.1) is 5.82 Å². The molecule has 1 saturated heterocycles. The Kier molecular flexibility index (Phi) is 6.12. The van der Waals surface area contributed by atoms with Gasteiger partial charge in [0.1, 0.15) is 5.82 Å². The molecule has 4 rings (SSSR count). The molecule has 3 aromatic rings. The summed E-state index contributed by atoms with van der Waals surface area (Å²) >= 11 is 0. The molecular formula is C24H26FN3O4. The lowest BCUT2D eigenvalue weighted by molar-refractivity contribution is -0.129. The molecule has 168 valence electrons. The van der Waals surface area contributed by atoms with Gasteiger partial charge in [-0.2, -0.15) is 4.98 Å². The number of amides is 1. The first-order valence-electron chi connectivity index (χ1n) is 10.6. The van der Waals surface area contributed by atoms with Crippen LogP contribution in [0.3, 0.4) is 0 Å². The molecule has 2 aromatic carbocycles. The summed E-state index contributed by atoms with van der Waals surface area (Å²) in [5.41, 5.74) is 1.61. The molecule has 1 aliphatic heterocycles. The van der Waals surface area contributed by atoms with Gasteiger partial charge in [0, 0.05) is 18.5 Å². The maximum Gasteiger partial charge on any atom is 0.232 e. The zero-order chi connectivity index (χ0) is 22.8. The predicted molar refractivity (Wildman–Crippen MR) is 116 cm³/mol. The highest BCUT2D eigenvalue weighted by Crippen LogP contribution is 2.36. The van der Waals surface area contributed by atoms with E-state index in [1.807, 2.05) is 32.9 Å². The normalized spacial score (nSPS) is 17.1. The van der Waals surface area contributed by atoms with E-state index in [-0.39, 0.29) is 36.2 Å². The van der Waals surface area contributed by atoms with Gasteiger partial charge in [0.05, 0.1) is 25.2 Å². The number of carbonyl (C=O) groups excluding carboxylic acids is 1. The first kappa shape index (κ1) is 21.8. The van der Waals surface area contributed by atoms with Gasteiger partial charge in [0.15, 0.2) is 11.5 Å². The van der Waals surface area contributed by atoms with Crippen molar-refractivity contribution in [3.63, 3.8) is 0 Å². The van der Waals surface area contributed by atoms with Crippen molar-refractivity contribution in [3.8, 4) is 22.9 Å².